The third-order valence-electron chi connectivity index (χ3n) is 3.89. The second-order valence-corrected chi connectivity index (χ2v) is 5.50. The highest BCUT2D eigenvalue weighted by molar-refractivity contribution is 5.92. The Kier molecular flexibility index (Phi) is 5.32. The van der Waals surface area contributed by atoms with Gasteiger partial charge in [-0.1, -0.05) is 19.3 Å². The molecule has 0 bridgehead atoms. The summed E-state index contributed by atoms with van der Waals surface area (Å²) in [7, 11) is 1.57. The fourth-order valence-electron chi connectivity index (χ4n) is 2.64. The summed E-state index contributed by atoms with van der Waals surface area (Å²) in [5.41, 5.74) is 6.69. The van der Waals surface area contributed by atoms with Gasteiger partial charge in [-0.2, -0.15) is 5.10 Å². The number of nitrogens with one attached hydrogen (secondary N) is 2. The molecule has 116 valence electrons. The Balaban J connectivity index is 1.94. The number of nitrogens with zero attached hydrogens (tertiary/aromatic N) is 2. The largest absolute Gasteiger partial charge is 0.358 e. The first-order valence-electron chi connectivity index (χ1n) is 7.39. The van der Waals surface area contributed by atoms with Crippen molar-refractivity contribution in [1.82, 2.24) is 15.1 Å². The van der Waals surface area contributed by atoms with Gasteiger partial charge in [0.15, 0.2) is 0 Å². The number of carbonyl (C=O) groups excluding carboxylic acids is 2. The number of amides is 2. The van der Waals surface area contributed by atoms with Crippen LogP contribution >= 0.6 is 0 Å². The number of carbonyl (C=O) groups is 2. The number of aromatic nitrogens is 2. The summed E-state index contributed by atoms with van der Waals surface area (Å²) < 4.78 is 1.49. The van der Waals surface area contributed by atoms with Crippen molar-refractivity contribution in [3.63, 3.8) is 0 Å². The number of rotatable bonds is 4. The highest BCUT2D eigenvalue weighted by Crippen LogP contribution is 2.23. The van der Waals surface area contributed by atoms with Crippen LogP contribution in [0, 0.1) is 5.92 Å². The topological polar surface area (TPSA) is 102 Å². The van der Waals surface area contributed by atoms with Gasteiger partial charge in [0.1, 0.15) is 6.54 Å². The monoisotopic (exact) mass is 293 g/mol. The van der Waals surface area contributed by atoms with Crippen LogP contribution in [0.1, 0.15) is 32.1 Å². The van der Waals surface area contributed by atoms with Crippen molar-refractivity contribution in [3.8, 4) is 0 Å². The van der Waals surface area contributed by atoms with Crippen LogP contribution in [0.3, 0.4) is 0 Å². The predicted octanol–water partition coefficient (Wildman–Crippen LogP) is 0.475. The van der Waals surface area contributed by atoms with Gasteiger partial charge in [-0.15, -0.1) is 0 Å². The Morgan fingerprint density at radius 1 is 1.38 bits per heavy atom. The van der Waals surface area contributed by atoms with Gasteiger partial charge in [0.25, 0.3) is 0 Å². The summed E-state index contributed by atoms with van der Waals surface area (Å²) in [6, 6.07) is -0.0755. The van der Waals surface area contributed by atoms with E-state index >= 15 is 0 Å². The molecule has 0 saturated heterocycles. The highest BCUT2D eigenvalue weighted by Gasteiger charge is 2.27. The quantitative estimate of drug-likeness (QED) is 0.702. The number of hydrogen-bond donors (Lipinski definition) is 3. The molecule has 0 aliphatic heterocycles. The van der Waals surface area contributed by atoms with Gasteiger partial charge >= 0.3 is 0 Å². The van der Waals surface area contributed by atoms with Gasteiger partial charge in [0.2, 0.25) is 11.8 Å². The number of nitrogens with two attached hydrogens (primary N) is 1. The molecule has 0 spiro atoms. The summed E-state index contributed by atoms with van der Waals surface area (Å²) in [6.45, 7) is 0.134. The van der Waals surface area contributed by atoms with Gasteiger partial charge in [0, 0.05) is 19.3 Å². The Bertz CT molecular complexity index is 499. The Labute approximate surface area is 124 Å². The molecule has 7 nitrogen and oxygen atoms in total. The van der Waals surface area contributed by atoms with Crippen molar-refractivity contribution < 1.29 is 9.59 Å². The SMILES string of the molecule is CNC(=O)Cn1cc(NC(=O)C2CCCCCC2N)cn1. The summed E-state index contributed by atoms with van der Waals surface area (Å²) in [6.07, 6.45) is 8.20. The highest BCUT2D eigenvalue weighted by atomic mass is 16.2. The third kappa shape index (κ3) is 4.29. The molecule has 1 saturated carbocycles. The Hall–Kier alpha value is -1.89. The van der Waals surface area contributed by atoms with E-state index in [-0.39, 0.29) is 30.3 Å². The van der Waals surface area contributed by atoms with Crippen LogP contribution in [0.4, 0.5) is 5.69 Å². The van der Waals surface area contributed by atoms with Gasteiger partial charge in [-0.25, -0.2) is 0 Å². The molecule has 1 aliphatic rings. The van der Waals surface area contributed by atoms with E-state index in [1.807, 2.05) is 0 Å². The first kappa shape index (κ1) is 15.5. The molecule has 1 fully saturated rings. The minimum Gasteiger partial charge on any atom is -0.358 e. The van der Waals surface area contributed by atoms with E-state index in [4.69, 9.17) is 5.73 Å². The fourth-order valence-corrected chi connectivity index (χ4v) is 2.64. The van der Waals surface area contributed by atoms with Gasteiger partial charge in [-0.05, 0) is 12.8 Å². The van der Waals surface area contributed by atoms with E-state index < -0.39 is 0 Å². The molecule has 21 heavy (non-hydrogen) atoms. The zero-order valence-electron chi connectivity index (χ0n) is 12.3. The second-order valence-electron chi connectivity index (χ2n) is 5.50. The molecule has 2 amide bonds. The minimum absolute atomic E-state index is 0.0520. The molecule has 1 aliphatic carbocycles. The lowest BCUT2D eigenvalue weighted by atomic mass is 9.94. The number of anilines is 1. The zero-order valence-corrected chi connectivity index (χ0v) is 12.3. The zero-order chi connectivity index (χ0) is 15.2. The van der Waals surface area contributed by atoms with Crippen molar-refractivity contribution in [3.05, 3.63) is 12.4 Å². The molecule has 4 N–H and O–H groups in total. The van der Waals surface area contributed by atoms with Crippen LogP contribution in [0.5, 0.6) is 0 Å². The van der Waals surface area contributed by atoms with Crippen LogP contribution in [-0.4, -0.2) is 34.7 Å². The van der Waals surface area contributed by atoms with Crippen molar-refractivity contribution >= 4 is 17.5 Å². The van der Waals surface area contributed by atoms with Crippen LogP contribution in [0.25, 0.3) is 0 Å². The Morgan fingerprint density at radius 2 is 2.14 bits per heavy atom. The normalized spacial score (nSPS) is 22.4. The lowest BCUT2D eigenvalue weighted by molar-refractivity contribution is -0.121. The van der Waals surface area contributed by atoms with Gasteiger partial charge in [-0.3, -0.25) is 14.3 Å². The maximum absolute atomic E-state index is 12.3. The van der Waals surface area contributed by atoms with Crippen LogP contribution in [0.15, 0.2) is 12.4 Å². The summed E-state index contributed by atoms with van der Waals surface area (Å²) in [5.74, 6) is -0.333. The van der Waals surface area contributed by atoms with Crippen molar-refractivity contribution in [2.24, 2.45) is 11.7 Å². The summed E-state index contributed by atoms with van der Waals surface area (Å²) >= 11 is 0. The van der Waals surface area contributed by atoms with E-state index in [1.165, 1.54) is 4.68 Å². The molecule has 1 aromatic rings. The van der Waals surface area contributed by atoms with E-state index in [2.05, 4.69) is 15.7 Å². The molecule has 2 atom stereocenters. The molecule has 0 radical (unpaired) electrons. The average molecular weight is 293 g/mol. The first-order chi connectivity index (χ1) is 10.1. The summed E-state index contributed by atoms with van der Waals surface area (Å²) in [4.78, 5) is 23.6. The van der Waals surface area contributed by atoms with Crippen molar-refractivity contribution in [2.75, 3.05) is 12.4 Å². The lowest BCUT2D eigenvalue weighted by Crippen LogP contribution is -2.37. The molecule has 0 aromatic carbocycles. The van der Waals surface area contributed by atoms with Crippen molar-refractivity contribution in [1.29, 1.82) is 0 Å². The van der Waals surface area contributed by atoms with E-state index in [0.29, 0.717) is 5.69 Å². The van der Waals surface area contributed by atoms with Crippen LogP contribution in [0.2, 0.25) is 0 Å². The number of hydrogen-bond acceptors (Lipinski definition) is 4. The predicted molar refractivity (Wildman–Crippen MR) is 79.5 cm³/mol. The van der Waals surface area contributed by atoms with Gasteiger partial charge in [0.05, 0.1) is 17.8 Å². The maximum Gasteiger partial charge on any atom is 0.241 e. The molecule has 7 heteroatoms. The average Bonchev–Trinajstić information content (AvgIpc) is 2.77. The second kappa shape index (κ2) is 7.21. The third-order valence-corrected chi connectivity index (χ3v) is 3.89. The van der Waals surface area contributed by atoms with Crippen molar-refractivity contribution in [2.45, 2.75) is 44.7 Å². The lowest BCUT2D eigenvalue weighted by Gasteiger charge is -2.19. The minimum atomic E-state index is -0.144. The Morgan fingerprint density at radius 3 is 2.90 bits per heavy atom. The van der Waals surface area contributed by atoms with Crippen LogP contribution < -0.4 is 16.4 Å². The standard InChI is InChI=1S/C14H23N5O2/c1-16-13(20)9-19-8-10(7-17-19)18-14(21)11-5-3-2-4-6-12(11)15/h7-8,11-12H,2-6,9,15H2,1H3,(H,16,20)(H,18,21). The molecular weight excluding hydrogens is 270 g/mol. The van der Waals surface area contributed by atoms with E-state index in [0.717, 1.165) is 32.1 Å². The molecule has 2 unspecified atom stereocenters. The molecule has 1 aromatic heterocycles. The first-order valence-corrected chi connectivity index (χ1v) is 7.39. The van der Waals surface area contributed by atoms with E-state index in [1.54, 1.807) is 19.4 Å². The smallest absolute Gasteiger partial charge is 0.241 e. The maximum atomic E-state index is 12.3. The molecular formula is C14H23N5O2. The summed E-state index contributed by atoms with van der Waals surface area (Å²) in [5, 5.41) is 9.42. The van der Waals surface area contributed by atoms with Gasteiger partial charge < -0.3 is 16.4 Å². The molecule has 1 heterocycles. The van der Waals surface area contributed by atoms with Crippen LogP contribution in [-0.2, 0) is 16.1 Å². The van der Waals surface area contributed by atoms with E-state index in [9.17, 15) is 9.59 Å². The fraction of sp³-hybridized carbons (Fsp3) is 0.643. The molecule has 2 rings (SSSR count). The number of likely N-dealkylation sites (N-methyl/N-ethyl adjacent to an activating group) is 1.